The maximum atomic E-state index is 12.2. The van der Waals surface area contributed by atoms with Gasteiger partial charge in [-0.15, -0.1) is 0 Å². The number of esters is 1. The van der Waals surface area contributed by atoms with Gasteiger partial charge in [-0.2, -0.15) is 0 Å². The number of nitrogens with one attached hydrogen (secondary N) is 1. The normalized spacial score (nSPS) is 14.2. The Balaban J connectivity index is 4.04. The van der Waals surface area contributed by atoms with Crippen molar-refractivity contribution in [1.82, 2.24) is 5.32 Å². The van der Waals surface area contributed by atoms with Gasteiger partial charge in [-0.1, -0.05) is 0 Å². The molecule has 0 aromatic heterocycles. The van der Waals surface area contributed by atoms with Gasteiger partial charge in [0.1, 0.15) is 5.60 Å². The third-order valence-corrected chi connectivity index (χ3v) is 1.48. The summed E-state index contributed by atoms with van der Waals surface area (Å²) in [7, 11) is 1.39. The average molecular weight is 209 g/mol. The van der Waals surface area contributed by atoms with E-state index in [1.54, 1.807) is 20.8 Å². The summed E-state index contributed by atoms with van der Waals surface area (Å²) in [4.78, 5) is 11.1. The lowest BCUT2D eigenvalue weighted by Crippen LogP contribution is -2.37. The zero-order valence-electron chi connectivity index (χ0n) is 8.93. The molecule has 0 saturated carbocycles. The molecule has 0 spiro atoms. The van der Waals surface area contributed by atoms with E-state index in [-0.39, 0.29) is 6.42 Å². The number of carbonyl (C=O) groups is 1. The van der Waals surface area contributed by atoms with Crippen LogP contribution in [0.2, 0.25) is 0 Å². The van der Waals surface area contributed by atoms with E-state index in [2.05, 4.69) is 5.32 Å². The molecule has 0 bridgehead atoms. The average Bonchev–Trinajstić information content (AvgIpc) is 1.96. The number of carbonyl (C=O) groups excluding carboxylic acids is 1. The van der Waals surface area contributed by atoms with Crippen LogP contribution in [0.3, 0.4) is 0 Å². The van der Waals surface area contributed by atoms with Gasteiger partial charge in [0, 0.05) is 0 Å². The Labute approximate surface area is 82.8 Å². The van der Waals surface area contributed by atoms with Gasteiger partial charge in [0.15, 0.2) is 0 Å². The minimum Gasteiger partial charge on any atom is -0.460 e. The summed E-state index contributed by atoms with van der Waals surface area (Å²) >= 11 is 0. The van der Waals surface area contributed by atoms with E-state index in [9.17, 15) is 13.6 Å². The van der Waals surface area contributed by atoms with Crippen LogP contribution in [0.15, 0.2) is 0 Å². The van der Waals surface area contributed by atoms with E-state index in [0.29, 0.717) is 0 Å². The van der Waals surface area contributed by atoms with Gasteiger partial charge in [0.2, 0.25) is 0 Å². The number of rotatable bonds is 4. The number of hydrogen-bond donors (Lipinski definition) is 1. The highest BCUT2D eigenvalue weighted by Crippen LogP contribution is 2.11. The maximum absolute atomic E-state index is 12.2. The molecule has 1 N–H and O–H groups in total. The fraction of sp³-hybridized carbons (Fsp3) is 0.889. The predicted octanol–water partition coefficient (Wildman–Crippen LogP) is 1.57. The summed E-state index contributed by atoms with van der Waals surface area (Å²) in [5.74, 6) is -0.614. The monoisotopic (exact) mass is 209 g/mol. The van der Waals surface area contributed by atoms with E-state index in [4.69, 9.17) is 4.74 Å². The van der Waals surface area contributed by atoms with Crippen molar-refractivity contribution >= 4 is 5.97 Å². The molecule has 0 aliphatic rings. The fourth-order valence-electron chi connectivity index (χ4n) is 0.880. The van der Waals surface area contributed by atoms with Crippen molar-refractivity contribution in [2.24, 2.45) is 0 Å². The molecule has 0 aromatic rings. The van der Waals surface area contributed by atoms with Crippen molar-refractivity contribution in [3.05, 3.63) is 0 Å². The molecule has 5 heteroatoms. The van der Waals surface area contributed by atoms with E-state index in [1.807, 2.05) is 0 Å². The molecule has 0 aliphatic heterocycles. The summed E-state index contributed by atoms with van der Waals surface area (Å²) < 4.78 is 29.4. The van der Waals surface area contributed by atoms with Gasteiger partial charge in [-0.05, 0) is 27.8 Å². The minimum atomic E-state index is -2.56. The standard InChI is InChI=1S/C9H17F2NO2/c1-9(2,3)14-7(13)5-6(12-4)8(10)11/h6,8,12H,5H2,1-4H3. The van der Waals surface area contributed by atoms with Crippen molar-refractivity contribution in [2.45, 2.75) is 45.3 Å². The lowest BCUT2D eigenvalue weighted by Gasteiger charge is -2.21. The molecular weight excluding hydrogens is 192 g/mol. The highest BCUT2D eigenvalue weighted by molar-refractivity contribution is 5.70. The zero-order chi connectivity index (χ0) is 11.4. The van der Waals surface area contributed by atoms with Gasteiger partial charge in [-0.25, -0.2) is 8.78 Å². The Kier molecular flexibility index (Phi) is 4.97. The number of alkyl halides is 2. The summed E-state index contributed by atoms with van der Waals surface area (Å²) in [5.41, 5.74) is -0.627. The highest BCUT2D eigenvalue weighted by atomic mass is 19.3. The van der Waals surface area contributed by atoms with Crippen molar-refractivity contribution in [3.63, 3.8) is 0 Å². The molecule has 1 atom stereocenters. The van der Waals surface area contributed by atoms with E-state index in [1.165, 1.54) is 7.05 Å². The van der Waals surface area contributed by atoms with Crippen molar-refractivity contribution < 1.29 is 18.3 Å². The molecule has 0 radical (unpaired) electrons. The number of halogens is 2. The SMILES string of the molecule is CNC(CC(=O)OC(C)(C)C)C(F)F. The first-order valence-corrected chi connectivity index (χ1v) is 4.43. The molecule has 84 valence electrons. The maximum Gasteiger partial charge on any atom is 0.308 e. The van der Waals surface area contributed by atoms with Crippen molar-refractivity contribution in [3.8, 4) is 0 Å². The molecule has 0 amide bonds. The molecule has 0 saturated heterocycles. The first kappa shape index (κ1) is 13.3. The second-order valence-electron chi connectivity index (χ2n) is 4.02. The molecule has 3 nitrogen and oxygen atoms in total. The Bertz CT molecular complexity index is 190. The predicted molar refractivity (Wildman–Crippen MR) is 49.3 cm³/mol. The van der Waals surface area contributed by atoms with Crippen LogP contribution in [-0.2, 0) is 9.53 Å². The van der Waals surface area contributed by atoms with Gasteiger partial charge in [0.05, 0.1) is 12.5 Å². The summed E-state index contributed by atoms with van der Waals surface area (Å²) in [5, 5.41) is 2.37. The lowest BCUT2D eigenvalue weighted by atomic mass is 10.2. The van der Waals surface area contributed by atoms with Crippen molar-refractivity contribution in [1.29, 1.82) is 0 Å². The molecule has 1 unspecified atom stereocenters. The largest absolute Gasteiger partial charge is 0.460 e. The topological polar surface area (TPSA) is 38.3 Å². The van der Waals surface area contributed by atoms with Crippen LogP contribution in [0.1, 0.15) is 27.2 Å². The van der Waals surface area contributed by atoms with Crippen LogP contribution in [0.5, 0.6) is 0 Å². The Morgan fingerprint density at radius 2 is 1.93 bits per heavy atom. The first-order valence-electron chi connectivity index (χ1n) is 4.43. The smallest absolute Gasteiger partial charge is 0.308 e. The highest BCUT2D eigenvalue weighted by Gasteiger charge is 2.25. The van der Waals surface area contributed by atoms with E-state index < -0.39 is 24.0 Å². The lowest BCUT2D eigenvalue weighted by molar-refractivity contribution is -0.156. The molecule has 14 heavy (non-hydrogen) atoms. The van der Waals surface area contributed by atoms with Crippen molar-refractivity contribution in [2.75, 3.05) is 7.05 Å². The Morgan fingerprint density at radius 3 is 2.21 bits per heavy atom. The molecule has 0 heterocycles. The quantitative estimate of drug-likeness (QED) is 0.714. The van der Waals surface area contributed by atoms with Crippen LogP contribution in [0.4, 0.5) is 8.78 Å². The van der Waals surface area contributed by atoms with Gasteiger partial charge in [0.25, 0.3) is 6.43 Å². The van der Waals surface area contributed by atoms with E-state index in [0.717, 1.165) is 0 Å². The van der Waals surface area contributed by atoms with Gasteiger partial charge < -0.3 is 10.1 Å². The van der Waals surface area contributed by atoms with E-state index >= 15 is 0 Å². The van der Waals surface area contributed by atoms with Gasteiger partial charge >= 0.3 is 5.97 Å². The Morgan fingerprint density at radius 1 is 1.43 bits per heavy atom. The Hall–Kier alpha value is -0.710. The van der Waals surface area contributed by atoms with Crippen LogP contribution in [-0.4, -0.2) is 31.1 Å². The second kappa shape index (κ2) is 5.24. The van der Waals surface area contributed by atoms with Gasteiger partial charge in [-0.3, -0.25) is 4.79 Å². The fourth-order valence-corrected chi connectivity index (χ4v) is 0.880. The van der Waals surface area contributed by atoms with Crippen LogP contribution < -0.4 is 5.32 Å². The van der Waals surface area contributed by atoms with Crippen LogP contribution in [0.25, 0.3) is 0 Å². The zero-order valence-corrected chi connectivity index (χ0v) is 8.93. The summed E-state index contributed by atoms with van der Waals surface area (Å²) in [6, 6.07) is -1.13. The van der Waals surface area contributed by atoms with Crippen LogP contribution in [0, 0.1) is 0 Å². The number of ether oxygens (including phenoxy) is 1. The minimum absolute atomic E-state index is 0.314. The third-order valence-electron chi connectivity index (χ3n) is 1.48. The molecular formula is C9H17F2NO2. The molecule has 0 rings (SSSR count). The van der Waals surface area contributed by atoms with Crippen LogP contribution >= 0.6 is 0 Å². The first-order chi connectivity index (χ1) is 6.26. The number of hydrogen-bond acceptors (Lipinski definition) is 3. The molecule has 0 aromatic carbocycles. The summed E-state index contributed by atoms with van der Waals surface area (Å²) in [6.07, 6.45) is -2.88. The third kappa shape index (κ3) is 5.85. The molecule has 0 aliphatic carbocycles. The second-order valence-corrected chi connectivity index (χ2v) is 4.02. The molecule has 0 fully saturated rings. The summed E-state index contributed by atoms with van der Waals surface area (Å²) in [6.45, 7) is 5.09.